The predicted molar refractivity (Wildman–Crippen MR) is 102 cm³/mol. The summed E-state index contributed by atoms with van der Waals surface area (Å²) in [5.41, 5.74) is 0.629. The van der Waals surface area contributed by atoms with Crippen molar-refractivity contribution in [3.05, 3.63) is 29.8 Å². The Kier molecular flexibility index (Phi) is 7.91. The van der Waals surface area contributed by atoms with Gasteiger partial charge in [0.1, 0.15) is 5.75 Å². The van der Waals surface area contributed by atoms with Gasteiger partial charge >= 0.3 is 0 Å². The number of carbonyl (C=O) groups excluding carboxylic acids is 2. The van der Waals surface area contributed by atoms with Crippen molar-refractivity contribution >= 4 is 11.8 Å². The van der Waals surface area contributed by atoms with Crippen LogP contribution in [0.15, 0.2) is 24.3 Å². The van der Waals surface area contributed by atoms with Crippen molar-refractivity contribution in [2.75, 3.05) is 46.4 Å². The number of nitrogens with one attached hydrogen (secondary N) is 1. The number of rotatable bonds is 8. The number of hydrogen-bond acceptors (Lipinski definition) is 4. The maximum absolute atomic E-state index is 12.9. The minimum Gasteiger partial charge on any atom is -0.497 e. The molecule has 1 saturated heterocycles. The largest absolute Gasteiger partial charge is 0.497 e. The third kappa shape index (κ3) is 6.02. The fourth-order valence-corrected chi connectivity index (χ4v) is 2.95. The molecule has 6 nitrogen and oxygen atoms in total. The highest BCUT2D eigenvalue weighted by Crippen LogP contribution is 2.15. The van der Waals surface area contributed by atoms with Crippen molar-refractivity contribution in [1.82, 2.24) is 15.1 Å². The summed E-state index contributed by atoms with van der Waals surface area (Å²) in [5.74, 6) is 1.33. The van der Waals surface area contributed by atoms with Crippen LogP contribution in [0.3, 0.4) is 0 Å². The van der Waals surface area contributed by atoms with Crippen LogP contribution >= 0.6 is 0 Å². The van der Waals surface area contributed by atoms with E-state index in [0.29, 0.717) is 31.0 Å². The van der Waals surface area contributed by atoms with Gasteiger partial charge in [-0.1, -0.05) is 13.8 Å². The number of methoxy groups -OCH3 is 1. The van der Waals surface area contributed by atoms with Crippen molar-refractivity contribution in [1.29, 1.82) is 0 Å². The maximum Gasteiger partial charge on any atom is 0.253 e. The van der Waals surface area contributed by atoms with Gasteiger partial charge in [-0.25, -0.2) is 0 Å². The molecule has 144 valence electrons. The van der Waals surface area contributed by atoms with Crippen molar-refractivity contribution in [2.45, 2.75) is 26.7 Å². The number of carbonyl (C=O) groups is 2. The Balaban J connectivity index is 1.99. The Morgan fingerprint density at radius 1 is 1.15 bits per heavy atom. The van der Waals surface area contributed by atoms with Crippen molar-refractivity contribution in [3.63, 3.8) is 0 Å². The molecule has 2 rings (SSSR count). The molecule has 1 aliphatic rings. The second-order valence-electron chi connectivity index (χ2n) is 7.08. The SMILES string of the molecule is COc1ccc(C(=O)N(CCC(=O)N2CCNCC2)CCC(C)C)cc1. The first-order valence-corrected chi connectivity index (χ1v) is 9.43. The van der Waals surface area contributed by atoms with E-state index in [4.69, 9.17) is 4.74 Å². The third-order valence-corrected chi connectivity index (χ3v) is 4.67. The van der Waals surface area contributed by atoms with E-state index in [2.05, 4.69) is 19.2 Å². The molecule has 0 atom stereocenters. The summed E-state index contributed by atoms with van der Waals surface area (Å²) in [6.07, 6.45) is 1.30. The second-order valence-corrected chi connectivity index (χ2v) is 7.08. The van der Waals surface area contributed by atoms with Crippen molar-refractivity contribution < 1.29 is 14.3 Å². The summed E-state index contributed by atoms with van der Waals surface area (Å²) in [6, 6.07) is 7.14. The van der Waals surface area contributed by atoms with Gasteiger partial charge in [0.25, 0.3) is 5.91 Å². The van der Waals surface area contributed by atoms with Gasteiger partial charge in [-0.15, -0.1) is 0 Å². The Morgan fingerprint density at radius 3 is 2.38 bits per heavy atom. The Morgan fingerprint density at radius 2 is 1.81 bits per heavy atom. The topological polar surface area (TPSA) is 61.9 Å². The van der Waals surface area contributed by atoms with Gasteiger partial charge in [-0.05, 0) is 36.6 Å². The molecule has 0 unspecified atom stereocenters. The van der Waals surface area contributed by atoms with Crippen LogP contribution in [0.2, 0.25) is 0 Å². The Bertz CT molecular complexity index is 580. The van der Waals surface area contributed by atoms with E-state index in [1.165, 1.54) is 0 Å². The summed E-state index contributed by atoms with van der Waals surface area (Å²) < 4.78 is 5.15. The number of benzene rings is 1. The summed E-state index contributed by atoms with van der Waals surface area (Å²) in [4.78, 5) is 29.0. The van der Waals surface area contributed by atoms with E-state index in [1.54, 1.807) is 31.4 Å². The number of ether oxygens (including phenoxy) is 1. The first-order chi connectivity index (χ1) is 12.5. The van der Waals surface area contributed by atoms with Crippen LogP contribution < -0.4 is 10.1 Å². The van der Waals surface area contributed by atoms with E-state index < -0.39 is 0 Å². The third-order valence-electron chi connectivity index (χ3n) is 4.67. The molecule has 0 saturated carbocycles. The van der Waals surface area contributed by atoms with Crippen molar-refractivity contribution in [2.24, 2.45) is 5.92 Å². The molecular weight excluding hydrogens is 330 g/mol. The molecular formula is C20H31N3O3. The molecule has 0 radical (unpaired) electrons. The normalized spacial score (nSPS) is 14.4. The average Bonchev–Trinajstić information content (AvgIpc) is 2.68. The molecule has 1 heterocycles. The summed E-state index contributed by atoms with van der Waals surface area (Å²) in [6.45, 7) is 8.58. The van der Waals surface area contributed by atoms with Crippen LogP contribution in [-0.2, 0) is 4.79 Å². The standard InChI is InChI=1S/C20H31N3O3/c1-16(2)8-12-23(13-9-19(24)22-14-10-21-11-15-22)20(25)17-4-6-18(26-3)7-5-17/h4-7,16,21H,8-15H2,1-3H3. The molecule has 1 aromatic rings. The molecule has 1 N–H and O–H groups in total. The lowest BCUT2D eigenvalue weighted by Gasteiger charge is -2.29. The quantitative estimate of drug-likeness (QED) is 0.769. The van der Waals surface area contributed by atoms with Gasteiger partial charge in [-0.3, -0.25) is 9.59 Å². The fourth-order valence-electron chi connectivity index (χ4n) is 2.95. The van der Waals surface area contributed by atoms with Gasteiger partial charge in [0, 0.05) is 51.3 Å². The molecule has 1 aromatic carbocycles. The lowest BCUT2D eigenvalue weighted by atomic mass is 10.1. The molecule has 1 fully saturated rings. The van der Waals surface area contributed by atoms with E-state index in [-0.39, 0.29) is 11.8 Å². The van der Waals surface area contributed by atoms with E-state index in [0.717, 1.165) is 38.3 Å². The summed E-state index contributed by atoms with van der Waals surface area (Å²) in [5, 5.41) is 3.25. The van der Waals surface area contributed by atoms with Gasteiger partial charge in [0.2, 0.25) is 5.91 Å². The highest BCUT2D eigenvalue weighted by atomic mass is 16.5. The van der Waals surface area contributed by atoms with Crippen LogP contribution in [0.5, 0.6) is 5.75 Å². The highest BCUT2D eigenvalue weighted by molar-refractivity contribution is 5.94. The highest BCUT2D eigenvalue weighted by Gasteiger charge is 2.20. The number of nitrogens with zero attached hydrogens (tertiary/aromatic N) is 2. The average molecular weight is 361 g/mol. The van der Waals surface area contributed by atoms with Crippen molar-refractivity contribution in [3.8, 4) is 5.75 Å². The molecule has 6 heteroatoms. The lowest BCUT2D eigenvalue weighted by Crippen LogP contribution is -2.47. The van der Waals surface area contributed by atoms with E-state index in [1.807, 2.05) is 9.80 Å². The zero-order valence-electron chi connectivity index (χ0n) is 16.2. The molecule has 0 bridgehead atoms. The molecule has 2 amide bonds. The number of piperazine rings is 1. The number of amides is 2. The minimum atomic E-state index is -0.0265. The Hall–Kier alpha value is -2.08. The van der Waals surface area contributed by atoms with Crippen LogP contribution in [0.4, 0.5) is 0 Å². The molecule has 0 aliphatic carbocycles. The monoisotopic (exact) mass is 361 g/mol. The fraction of sp³-hybridized carbons (Fsp3) is 0.600. The van der Waals surface area contributed by atoms with Crippen LogP contribution in [0.25, 0.3) is 0 Å². The molecule has 1 aliphatic heterocycles. The maximum atomic E-state index is 12.9. The van der Waals surface area contributed by atoms with Gasteiger partial charge in [0.15, 0.2) is 0 Å². The smallest absolute Gasteiger partial charge is 0.253 e. The van der Waals surface area contributed by atoms with Crippen LogP contribution in [0.1, 0.15) is 37.0 Å². The molecule has 26 heavy (non-hydrogen) atoms. The second kappa shape index (κ2) is 10.2. The first-order valence-electron chi connectivity index (χ1n) is 9.43. The first kappa shape index (κ1) is 20.2. The van der Waals surface area contributed by atoms with Crippen LogP contribution in [-0.4, -0.2) is 68.0 Å². The zero-order valence-corrected chi connectivity index (χ0v) is 16.2. The predicted octanol–water partition coefficient (Wildman–Crippen LogP) is 2.01. The molecule has 0 aromatic heterocycles. The van der Waals surface area contributed by atoms with E-state index >= 15 is 0 Å². The molecule has 0 spiro atoms. The summed E-state index contributed by atoms with van der Waals surface area (Å²) in [7, 11) is 1.60. The van der Waals surface area contributed by atoms with Crippen LogP contribution in [0, 0.1) is 5.92 Å². The van der Waals surface area contributed by atoms with Gasteiger partial charge in [-0.2, -0.15) is 0 Å². The van der Waals surface area contributed by atoms with Gasteiger partial charge < -0.3 is 19.9 Å². The van der Waals surface area contributed by atoms with E-state index in [9.17, 15) is 9.59 Å². The minimum absolute atomic E-state index is 0.0265. The lowest BCUT2D eigenvalue weighted by molar-refractivity contribution is -0.131. The van der Waals surface area contributed by atoms with Gasteiger partial charge in [0.05, 0.1) is 7.11 Å². The Labute approximate surface area is 156 Å². The summed E-state index contributed by atoms with van der Waals surface area (Å²) >= 11 is 0. The number of hydrogen-bond donors (Lipinski definition) is 1. The zero-order chi connectivity index (χ0) is 18.9.